The van der Waals surface area contributed by atoms with Gasteiger partial charge in [-0.15, -0.1) is 0 Å². The fourth-order valence-corrected chi connectivity index (χ4v) is 0.913. The minimum absolute atomic E-state index is 0.0330. The standard InChI is InChI=1S/C8H16N2O2/c1-3-4-6(2)8(12)10-5-7(9)11/h6H,3-5H2,1-2H3,(H2,9,11)(H,10,12). The molecule has 70 valence electrons. The summed E-state index contributed by atoms with van der Waals surface area (Å²) in [6.45, 7) is 3.78. The van der Waals surface area contributed by atoms with Gasteiger partial charge in [-0.3, -0.25) is 9.59 Å². The molecule has 0 radical (unpaired) electrons. The number of amides is 2. The van der Waals surface area contributed by atoms with E-state index in [1.165, 1.54) is 0 Å². The third kappa shape index (κ3) is 4.71. The highest BCUT2D eigenvalue weighted by molar-refractivity contribution is 5.84. The molecular weight excluding hydrogens is 156 g/mol. The van der Waals surface area contributed by atoms with Gasteiger partial charge in [0.2, 0.25) is 11.8 Å². The van der Waals surface area contributed by atoms with Gasteiger partial charge in [0.15, 0.2) is 0 Å². The summed E-state index contributed by atoms with van der Waals surface area (Å²) < 4.78 is 0. The Hall–Kier alpha value is -1.06. The van der Waals surface area contributed by atoms with E-state index in [2.05, 4.69) is 5.32 Å². The second-order valence-corrected chi connectivity index (χ2v) is 2.87. The van der Waals surface area contributed by atoms with E-state index in [1.54, 1.807) is 0 Å². The van der Waals surface area contributed by atoms with Crippen molar-refractivity contribution in [1.29, 1.82) is 0 Å². The summed E-state index contributed by atoms with van der Waals surface area (Å²) in [4.78, 5) is 21.4. The number of nitrogens with one attached hydrogen (secondary N) is 1. The lowest BCUT2D eigenvalue weighted by atomic mass is 10.1. The Balaban J connectivity index is 3.64. The van der Waals surface area contributed by atoms with Gasteiger partial charge >= 0.3 is 0 Å². The fraction of sp³-hybridized carbons (Fsp3) is 0.750. The molecule has 0 aromatic heterocycles. The molecule has 0 aliphatic rings. The molecule has 0 aliphatic carbocycles. The van der Waals surface area contributed by atoms with Crippen LogP contribution in [0.3, 0.4) is 0 Å². The quantitative estimate of drug-likeness (QED) is 0.613. The molecule has 0 aromatic rings. The summed E-state index contributed by atoms with van der Waals surface area (Å²) in [6, 6.07) is 0. The highest BCUT2D eigenvalue weighted by Gasteiger charge is 2.11. The molecule has 0 aromatic carbocycles. The van der Waals surface area contributed by atoms with Gasteiger partial charge < -0.3 is 11.1 Å². The van der Waals surface area contributed by atoms with Gasteiger partial charge in [0, 0.05) is 5.92 Å². The number of hydrogen-bond donors (Lipinski definition) is 2. The highest BCUT2D eigenvalue weighted by Crippen LogP contribution is 2.03. The van der Waals surface area contributed by atoms with Gasteiger partial charge in [-0.05, 0) is 6.42 Å². The first-order valence-corrected chi connectivity index (χ1v) is 4.14. The molecule has 4 nitrogen and oxygen atoms in total. The molecule has 0 saturated heterocycles. The van der Waals surface area contributed by atoms with E-state index in [4.69, 9.17) is 5.73 Å². The summed E-state index contributed by atoms with van der Waals surface area (Å²) in [7, 11) is 0. The largest absolute Gasteiger partial charge is 0.368 e. The molecule has 0 heterocycles. The van der Waals surface area contributed by atoms with Crippen LogP contribution in [0.4, 0.5) is 0 Å². The van der Waals surface area contributed by atoms with Crippen molar-refractivity contribution in [2.75, 3.05) is 6.54 Å². The first kappa shape index (κ1) is 10.9. The molecule has 2 amide bonds. The zero-order valence-electron chi connectivity index (χ0n) is 7.59. The maximum atomic E-state index is 11.1. The molecule has 1 unspecified atom stereocenters. The number of hydrogen-bond acceptors (Lipinski definition) is 2. The Bertz CT molecular complexity index is 168. The average Bonchev–Trinajstić information content (AvgIpc) is 2.00. The molecule has 12 heavy (non-hydrogen) atoms. The predicted octanol–water partition coefficient (Wildman–Crippen LogP) is 0.0241. The number of rotatable bonds is 5. The molecule has 0 bridgehead atoms. The smallest absolute Gasteiger partial charge is 0.236 e. The van der Waals surface area contributed by atoms with Crippen molar-refractivity contribution in [2.24, 2.45) is 11.7 Å². The van der Waals surface area contributed by atoms with Crippen LogP contribution < -0.4 is 11.1 Å². The second-order valence-electron chi connectivity index (χ2n) is 2.87. The van der Waals surface area contributed by atoms with Crippen LogP contribution in [0.2, 0.25) is 0 Å². The Morgan fingerprint density at radius 3 is 2.50 bits per heavy atom. The van der Waals surface area contributed by atoms with Crippen LogP contribution in [0.5, 0.6) is 0 Å². The number of carbonyl (C=O) groups is 2. The van der Waals surface area contributed by atoms with Crippen LogP contribution in [0, 0.1) is 5.92 Å². The molecule has 4 heteroatoms. The molecule has 0 rings (SSSR count). The summed E-state index contributed by atoms with van der Waals surface area (Å²) in [5, 5.41) is 2.45. The van der Waals surface area contributed by atoms with Crippen LogP contribution in [0.25, 0.3) is 0 Å². The third-order valence-electron chi connectivity index (χ3n) is 1.61. The normalized spacial score (nSPS) is 12.2. The van der Waals surface area contributed by atoms with Crippen molar-refractivity contribution in [3.63, 3.8) is 0 Å². The van der Waals surface area contributed by atoms with Crippen LogP contribution >= 0.6 is 0 Å². The van der Waals surface area contributed by atoms with Crippen LogP contribution in [-0.2, 0) is 9.59 Å². The van der Waals surface area contributed by atoms with Gasteiger partial charge in [0.05, 0.1) is 6.54 Å². The SMILES string of the molecule is CCCC(C)C(=O)NCC(N)=O. The minimum Gasteiger partial charge on any atom is -0.368 e. The number of primary amides is 1. The second kappa shape index (κ2) is 5.57. The maximum absolute atomic E-state index is 11.1. The van der Waals surface area contributed by atoms with Gasteiger partial charge in [0.25, 0.3) is 0 Å². The number of nitrogens with two attached hydrogens (primary N) is 1. The van der Waals surface area contributed by atoms with Gasteiger partial charge in [0.1, 0.15) is 0 Å². The van der Waals surface area contributed by atoms with Crippen LogP contribution in [0.15, 0.2) is 0 Å². The van der Waals surface area contributed by atoms with Gasteiger partial charge in [-0.25, -0.2) is 0 Å². The molecule has 0 spiro atoms. The topological polar surface area (TPSA) is 72.2 Å². The van der Waals surface area contributed by atoms with Gasteiger partial charge in [-0.2, -0.15) is 0 Å². The van der Waals surface area contributed by atoms with Crippen LogP contribution in [0.1, 0.15) is 26.7 Å². The van der Waals surface area contributed by atoms with E-state index >= 15 is 0 Å². The van der Waals surface area contributed by atoms with E-state index in [0.717, 1.165) is 12.8 Å². The first-order valence-electron chi connectivity index (χ1n) is 4.14. The first-order chi connectivity index (χ1) is 5.57. The molecule has 0 saturated carbocycles. The van der Waals surface area contributed by atoms with Crippen molar-refractivity contribution in [3.05, 3.63) is 0 Å². The van der Waals surface area contributed by atoms with Crippen molar-refractivity contribution in [3.8, 4) is 0 Å². The van der Waals surface area contributed by atoms with Crippen molar-refractivity contribution < 1.29 is 9.59 Å². The molecule has 3 N–H and O–H groups in total. The zero-order valence-corrected chi connectivity index (χ0v) is 7.59. The lowest BCUT2D eigenvalue weighted by Crippen LogP contribution is -2.36. The van der Waals surface area contributed by atoms with Crippen LogP contribution in [-0.4, -0.2) is 18.4 Å². The lowest BCUT2D eigenvalue weighted by molar-refractivity contribution is -0.127. The molecule has 0 fully saturated rings. The van der Waals surface area contributed by atoms with Gasteiger partial charge in [-0.1, -0.05) is 20.3 Å². The Morgan fingerprint density at radius 1 is 1.50 bits per heavy atom. The maximum Gasteiger partial charge on any atom is 0.236 e. The summed E-state index contributed by atoms with van der Waals surface area (Å²) in [6.07, 6.45) is 1.80. The Kier molecular flexibility index (Phi) is 5.08. The fourth-order valence-electron chi connectivity index (χ4n) is 0.913. The summed E-state index contributed by atoms with van der Waals surface area (Å²) in [5.41, 5.74) is 4.86. The van der Waals surface area contributed by atoms with Crippen molar-refractivity contribution >= 4 is 11.8 Å². The minimum atomic E-state index is -0.507. The number of carbonyl (C=O) groups excluding carboxylic acids is 2. The summed E-state index contributed by atoms with van der Waals surface area (Å²) in [5.74, 6) is -0.642. The Morgan fingerprint density at radius 2 is 2.08 bits per heavy atom. The monoisotopic (exact) mass is 172 g/mol. The van der Waals surface area contributed by atoms with E-state index in [9.17, 15) is 9.59 Å². The molecule has 1 atom stereocenters. The molecular formula is C8H16N2O2. The van der Waals surface area contributed by atoms with Crippen molar-refractivity contribution in [1.82, 2.24) is 5.32 Å². The lowest BCUT2D eigenvalue weighted by Gasteiger charge is -2.08. The summed E-state index contributed by atoms with van der Waals surface area (Å²) >= 11 is 0. The predicted molar refractivity (Wildman–Crippen MR) is 46.3 cm³/mol. The highest BCUT2D eigenvalue weighted by atomic mass is 16.2. The average molecular weight is 172 g/mol. The molecule has 0 aliphatic heterocycles. The van der Waals surface area contributed by atoms with Crippen molar-refractivity contribution in [2.45, 2.75) is 26.7 Å². The van der Waals surface area contributed by atoms with E-state index in [-0.39, 0.29) is 18.4 Å². The third-order valence-corrected chi connectivity index (χ3v) is 1.61. The van der Waals surface area contributed by atoms with E-state index in [0.29, 0.717) is 0 Å². The van der Waals surface area contributed by atoms with E-state index in [1.807, 2.05) is 13.8 Å². The Labute approximate surface area is 72.5 Å². The zero-order chi connectivity index (χ0) is 9.56. The van der Waals surface area contributed by atoms with E-state index < -0.39 is 5.91 Å².